The lowest BCUT2D eigenvalue weighted by molar-refractivity contribution is 0.0698. The molecule has 182 valence electrons. The lowest BCUT2D eigenvalue weighted by Gasteiger charge is -2.13. The summed E-state index contributed by atoms with van der Waals surface area (Å²) in [5.41, 5.74) is 9.51. The number of carboxylic acids is 1. The van der Waals surface area contributed by atoms with E-state index < -0.39 is 11.8 Å². The van der Waals surface area contributed by atoms with Crippen LogP contribution in [0.5, 0.6) is 0 Å². The zero-order valence-electron chi connectivity index (χ0n) is 18.7. The summed E-state index contributed by atoms with van der Waals surface area (Å²) < 4.78 is 17.7. The molecule has 12 heteroatoms. The second-order valence-electron chi connectivity index (χ2n) is 8.63. The Morgan fingerprint density at radius 2 is 2.17 bits per heavy atom. The van der Waals surface area contributed by atoms with Gasteiger partial charge < -0.3 is 30.0 Å². The number of aromatic nitrogens is 4. The highest BCUT2D eigenvalue weighted by Gasteiger charge is 2.26. The second-order valence-corrected chi connectivity index (χ2v) is 9.04. The van der Waals surface area contributed by atoms with Crippen LogP contribution in [0.4, 0.5) is 4.39 Å². The van der Waals surface area contributed by atoms with Gasteiger partial charge in [0.15, 0.2) is 11.5 Å². The van der Waals surface area contributed by atoms with E-state index in [9.17, 15) is 14.3 Å². The summed E-state index contributed by atoms with van der Waals surface area (Å²) in [6.07, 6.45) is 10.6. The first kappa shape index (κ1) is 23.1. The molecule has 4 aromatic heterocycles. The summed E-state index contributed by atoms with van der Waals surface area (Å²) in [6, 6.07) is 3.18. The van der Waals surface area contributed by atoms with Crippen molar-refractivity contribution in [1.29, 1.82) is 0 Å². The van der Waals surface area contributed by atoms with Crippen molar-refractivity contribution in [2.75, 3.05) is 6.54 Å². The summed E-state index contributed by atoms with van der Waals surface area (Å²) in [7, 11) is 0. The number of nitrogens with two attached hydrogens (primary N) is 2. The molecule has 0 unspecified atom stereocenters. The average Bonchev–Trinajstić information content (AvgIpc) is 3.45. The maximum Gasteiger partial charge on any atom is 0.339 e. The van der Waals surface area contributed by atoms with Crippen molar-refractivity contribution in [3.05, 3.63) is 82.3 Å². The normalized spacial score (nSPS) is 14.2. The maximum absolute atomic E-state index is 14.3. The maximum atomic E-state index is 14.3. The molecule has 1 fully saturated rings. The van der Waals surface area contributed by atoms with Crippen LogP contribution in [0.1, 0.15) is 46.1 Å². The van der Waals surface area contributed by atoms with Gasteiger partial charge in [-0.1, -0.05) is 11.6 Å². The Hall–Kier alpha value is -3.67. The number of carboxylic acid groups (broad SMARTS) is 1. The Labute approximate surface area is 204 Å². The molecule has 0 radical (unpaired) electrons. The van der Waals surface area contributed by atoms with Crippen LogP contribution in [-0.2, 0) is 13.1 Å². The minimum Gasteiger partial charge on any atom is -0.478 e. The predicted octanol–water partition coefficient (Wildman–Crippen LogP) is 2.62. The molecule has 1 saturated carbocycles. The van der Waals surface area contributed by atoms with Crippen LogP contribution in [-0.4, -0.2) is 41.4 Å². The van der Waals surface area contributed by atoms with E-state index in [0.29, 0.717) is 34.2 Å². The van der Waals surface area contributed by atoms with E-state index in [4.69, 9.17) is 23.2 Å². The molecule has 35 heavy (non-hydrogen) atoms. The van der Waals surface area contributed by atoms with E-state index >= 15 is 0 Å². The first-order valence-electron chi connectivity index (χ1n) is 11.0. The topological polar surface area (TPSA) is 139 Å². The van der Waals surface area contributed by atoms with Crippen LogP contribution in [0.3, 0.4) is 0 Å². The minimum atomic E-state index is -1.01. The molecular weight excluding hydrogens is 475 g/mol. The van der Waals surface area contributed by atoms with Crippen molar-refractivity contribution in [3.8, 4) is 0 Å². The fourth-order valence-electron chi connectivity index (χ4n) is 4.08. The Bertz CT molecular complexity index is 1460. The lowest BCUT2D eigenvalue weighted by Crippen LogP contribution is -2.29. The Kier molecular flexibility index (Phi) is 6.05. The van der Waals surface area contributed by atoms with E-state index in [-0.39, 0.29) is 30.2 Å². The smallest absolute Gasteiger partial charge is 0.339 e. The Morgan fingerprint density at radius 3 is 2.91 bits per heavy atom. The van der Waals surface area contributed by atoms with Crippen LogP contribution in [0.25, 0.3) is 11.2 Å². The number of imidazole rings is 2. The minimum absolute atomic E-state index is 0.0311. The third-order valence-corrected chi connectivity index (χ3v) is 6.16. The summed E-state index contributed by atoms with van der Waals surface area (Å²) in [5, 5.41) is 14.1. The number of aromatic carboxylic acids is 1. The van der Waals surface area contributed by atoms with Crippen molar-refractivity contribution in [1.82, 2.24) is 29.1 Å². The molecule has 6 N–H and O–H groups in total. The number of hydrogen-bond donors (Lipinski definition) is 4. The first-order chi connectivity index (χ1) is 16.8. The molecule has 0 spiro atoms. The molecule has 5 rings (SSSR count). The van der Waals surface area contributed by atoms with Crippen LogP contribution < -0.4 is 16.9 Å². The molecular formula is C23H24ClFN8O2. The third kappa shape index (κ3) is 4.78. The molecule has 4 heterocycles. The molecule has 1 aliphatic rings. The summed E-state index contributed by atoms with van der Waals surface area (Å²) in [4.78, 5) is 20.4. The number of hydrogen-bond acceptors (Lipinski definition) is 7. The van der Waals surface area contributed by atoms with Gasteiger partial charge in [0, 0.05) is 43.6 Å². The molecule has 10 nitrogen and oxygen atoms in total. The molecule has 0 aromatic carbocycles. The SMILES string of the molecule is N/C(=C\N(N)Cc1cn2cc(C3CC3)cc(C(=O)O)c2n1)CNCc1ncn2ccc(Cl)c(F)c12. The molecule has 0 saturated heterocycles. The fourth-order valence-corrected chi connectivity index (χ4v) is 4.22. The van der Waals surface area contributed by atoms with E-state index in [2.05, 4.69) is 15.3 Å². The molecule has 4 aromatic rings. The Morgan fingerprint density at radius 1 is 1.37 bits per heavy atom. The van der Waals surface area contributed by atoms with Gasteiger partial charge in [0.25, 0.3) is 0 Å². The van der Waals surface area contributed by atoms with Crippen molar-refractivity contribution < 1.29 is 14.3 Å². The van der Waals surface area contributed by atoms with E-state index in [1.807, 2.05) is 6.20 Å². The number of nitrogens with zero attached hydrogens (tertiary/aromatic N) is 5. The fraction of sp³-hybridized carbons (Fsp3) is 0.261. The standard InChI is InChI=1S/C23H24ClFN8O2/c24-18-3-4-31-12-29-19(21(31)20(18)25)7-28-6-15(26)9-33(27)11-16-10-32-8-14(13-1-2-13)5-17(23(34)35)22(32)30-16/h3-5,8-10,12-13,28H,1-2,6-7,11,26-27H2,(H,34,35)/b15-9-. The second kappa shape index (κ2) is 9.17. The predicted molar refractivity (Wildman–Crippen MR) is 128 cm³/mol. The number of halogens is 2. The number of rotatable bonds is 9. The van der Waals surface area contributed by atoms with E-state index in [0.717, 1.165) is 18.4 Å². The highest BCUT2D eigenvalue weighted by Crippen LogP contribution is 2.40. The monoisotopic (exact) mass is 498 g/mol. The summed E-state index contributed by atoms with van der Waals surface area (Å²) >= 11 is 5.88. The van der Waals surface area contributed by atoms with Gasteiger partial charge in [0.1, 0.15) is 11.1 Å². The molecule has 0 amide bonds. The highest BCUT2D eigenvalue weighted by atomic mass is 35.5. The van der Waals surface area contributed by atoms with Crippen molar-refractivity contribution in [2.45, 2.75) is 31.8 Å². The van der Waals surface area contributed by atoms with E-state index in [1.165, 1.54) is 17.4 Å². The van der Waals surface area contributed by atoms with Crippen molar-refractivity contribution in [2.24, 2.45) is 11.6 Å². The summed E-state index contributed by atoms with van der Waals surface area (Å²) in [6.45, 7) is 0.796. The van der Waals surface area contributed by atoms with Crippen LogP contribution in [0, 0.1) is 5.82 Å². The summed E-state index contributed by atoms with van der Waals surface area (Å²) in [5.74, 6) is 4.97. The zero-order valence-corrected chi connectivity index (χ0v) is 19.4. The number of carbonyl (C=O) groups is 1. The first-order valence-corrected chi connectivity index (χ1v) is 11.4. The van der Waals surface area contributed by atoms with Crippen LogP contribution >= 0.6 is 11.6 Å². The van der Waals surface area contributed by atoms with Crippen LogP contribution in [0.2, 0.25) is 5.02 Å². The zero-order chi connectivity index (χ0) is 24.7. The number of pyridine rings is 2. The highest BCUT2D eigenvalue weighted by molar-refractivity contribution is 6.31. The number of hydrazine groups is 1. The number of fused-ring (bicyclic) bond motifs is 2. The van der Waals surface area contributed by atoms with E-state index in [1.54, 1.807) is 33.5 Å². The van der Waals surface area contributed by atoms with Gasteiger partial charge in [-0.15, -0.1) is 0 Å². The molecule has 0 bridgehead atoms. The molecule has 0 atom stereocenters. The average molecular weight is 499 g/mol. The van der Waals surface area contributed by atoms with Gasteiger partial charge in [-0.3, -0.25) is 0 Å². The quantitative estimate of drug-likeness (QED) is 0.204. The van der Waals surface area contributed by atoms with Gasteiger partial charge in [0.2, 0.25) is 0 Å². The van der Waals surface area contributed by atoms with Gasteiger partial charge in [-0.2, -0.15) is 0 Å². The molecule has 0 aliphatic heterocycles. The van der Waals surface area contributed by atoms with Gasteiger partial charge >= 0.3 is 5.97 Å². The lowest BCUT2D eigenvalue weighted by atomic mass is 10.1. The van der Waals surface area contributed by atoms with Gasteiger partial charge in [-0.05, 0) is 36.5 Å². The van der Waals surface area contributed by atoms with Crippen LogP contribution in [0.15, 0.2) is 48.9 Å². The Balaban J connectivity index is 1.23. The number of nitrogens with one attached hydrogen (secondary N) is 1. The van der Waals surface area contributed by atoms with Gasteiger partial charge in [0.05, 0.1) is 29.3 Å². The van der Waals surface area contributed by atoms with Gasteiger partial charge in [-0.25, -0.2) is 25.0 Å². The van der Waals surface area contributed by atoms with Crippen molar-refractivity contribution >= 4 is 28.7 Å². The molecule has 1 aliphatic carbocycles. The largest absolute Gasteiger partial charge is 0.478 e. The third-order valence-electron chi connectivity index (χ3n) is 5.87. The van der Waals surface area contributed by atoms with Crippen molar-refractivity contribution in [3.63, 3.8) is 0 Å².